The second-order valence-electron chi connectivity index (χ2n) is 6.22. The number of methoxy groups -OCH3 is 2. The van der Waals surface area contributed by atoms with Gasteiger partial charge in [0.1, 0.15) is 0 Å². The highest BCUT2D eigenvalue weighted by atomic mass is 35.5. The number of halogens is 1. The molecule has 0 aliphatic heterocycles. The van der Waals surface area contributed by atoms with E-state index in [1.807, 2.05) is 31.2 Å². The molecule has 7 nitrogen and oxygen atoms in total. The number of nitrogens with one attached hydrogen (secondary N) is 1. The molecular weight excluding hydrogens is 380 g/mol. The van der Waals surface area contributed by atoms with Crippen LogP contribution in [0.3, 0.4) is 0 Å². The number of hydrogen-bond donors (Lipinski definition) is 1. The highest BCUT2D eigenvalue weighted by molar-refractivity contribution is 6.30. The summed E-state index contributed by atoms with van der Waals surface area (Å²) in [6.07, 6.45) is 0. The minimum absolute atomic E-state index is 0.257. The maximum atomic E-state index is 12.7. The van der Waals surface area contributed by atoms with Crippen molar-refractivity contribution < 1.29 is 14.3 Å². The fourth-order valence-corrected chi connectivity index (χ4v) is 3.05. The number of aromatic nitrogens is 3. The van der Waals surface area contributed by atoms with Gasteiger partial charge in [-0.25, -0.2) is 4.68 Å². The molecule has 0 radical (unpaired) electrons. The molecule has 1 atom stereocenters. The zero-order chi connectivity index (χ0) is 20.3. The van der Waals surface area contributed by atoms with Crippen molar-refractivity contribution in [1.82, 2.24) is 20.3 Å². The minimum Gasteiger partial charge on any atom is -0.493 e. The molecule has 8 heteroatoms. The van der Waals surface area contributed by atoms with Gasteiger partial charge < -0.3 is 14.8 Å². The van der Waals surface area contributed by atoms with Gasteiger partial charge in [0.15, 0.2) is 17.2 Å². The fourth-order valence-electron chi connectivity index (χ4n) is 2.86. The molecule has 146 valence electrons. The molecule has 1 aromatic heterocycles. The predicted octanol–water partition coefficient (Wildman–Crippen LogP) is 3.74. The predicted molar refractivity (Wildman–Crippen MR) is 107 cm³/mol. The van der Waals surface area contributed by atoms with Crippen LogP contribution in [0.15, 0.2) is 42.5 Å². The zero-order valence-electron chi connectivity index (χ0n) is 16.1. The molecule has 0 aliphatic carbocycles. The highest BCUT2D eigenvalue weighted by Gasteiger charge is 2.20. The van der Waals surface area contributed by atoms with Crippen molar-refractivity contribution in [3.63, 3.8) is 0 Å². The Kier molecular flexibility index (Phi) is 5.84. The van der Waals surface area contributed by atoms with Gasteiger partial charge in [0.25, 0.3) is 5.91 Å². The van der Waals surface area contributed by atoms with Crippen LogP contribution in [0.2, 0.25) is 5.02 Å². The molecule has 0 unspecified atom stereocenters. The highest BCUT2D eigenvalue weighted by Crippen LogP contribution is 2.30. The van der Waals surface area contributed by atoms with Crippen LogP contribution in [0, 0.1) is 6.92 Å². The van der Waals surface area contributed by atoms with E-state index in [0.29, 0.717) is 22.2 Å². The van der Waals surface area contributed by atoms with Gasteiger partial charge in [-0.3, -0.25) is 4.79 Å². The second-order valence-corrected chi connectivity index (χ2v) is 6.66. The number of amides is 1. The van der Waals surface area contributed by atoms with Gasteiger partial charge in [-0.05, 0) is 49.7 Å². The van der Waals surface area contributed by atoms with Gasteiger partial charge in [-0.1, -0.05) is 28.9 Å². The fraction of sp³-hybridized carbons (Fsp3) is 0.250. The SMILES string of the molecule is COc1ccc([C@@H](C)NC(=O)c2nnn(-c3cccc(Cl)c3)c2C)cc1OC. The van der Waals surface area contributed by atoms with Crippen molar-refractivity contribution in [2.75, 3.05) is 14.2 Å². The third kappa shape index (κ3) is 3.94. The molecule has 0 spiro atoms. The molecule has 1 N–H and O–H groups in total. The summed E-state index contributed by atoms with van der Waals surface area (Å²) in [5, 5.41) is 11.7. The van der Waals surface area contributed by atoms with Gasteiger partial charge in [0.2, 0.25) is 0 Å². The maximum Gasteiger partial charge on any atom is 0.274 e. The van der Waals surface area contributed by atoms with Crippen LogP contribution in [0.1, 0.15) is 34.7 Å². The monoisotopic (exact) mass is 400 g/mol. The summed E-state index contributed by atoms with van der Waals surface area (Å²) in [6.45, 7) is 3.67. The molecule has 2 aromatic carbocycles. The van der Waals surface area contributed by atoms with Crippen LogP contribution in [0.4, 0.5) is 0 Å². The Morgan fingerprint density at radius 1 is 1.14 bits per heavy atom. The van der Waals surface area contributed by atoms with Crippen molar-refractivity contribution in [3.8, 4) is 17.2 Å². The average Bonchev–Trinajstić information content (AvgIpc) is 3.08. The second kappa shape index (κ2) is 8.31. The summed E-state index contributed by atoms with van der Waals surface area (Å²) in [6, 6.07) is 12.5. The van der Waals surface area contributed by atoms with E-state index >= 15 is 0 Å². The van der Waals surface area contributed by atoms with E-state index in [0.717, 1.165) is 11.3 Å². The van der Waals surface area contributed by atoms with E-state index in [1.165, 1.54) is 0 Å². The number of carbonyl (C=O) groups excluding carboxylic acids is 1. The van der Waals surface area contributed by atoms with Crippen LogP contribution in [-0.2, 0) is 0 Å². The quantitative estimate of drug-likeness (QED) is 0.682. The standard InChI is InChI=1S/C20H21ClN4O3/c1-12(14-8-9-17(27-3)18(10-14)28-4)22-20(26)19-13(2)25(24-23-19)16-7-5-6-15(21)11-16/h5-12H,1-4H3,(H,22,26)/t12-/m1/s1. The normalized spacial score (nSPS) is 11.8. The van der Waals surface area contributed by atoms with E-state index in [-0.39, 0.29) is 17.6 Å². The van der Waals surface area contributed by atoms with Crippen LogP contribution < -0.4 is 14.8 Å². The molecule has 28 heavy (non-hydrogen) atoms. The third-order valence-electron chi connectivity index (χ3n) is 4.42. The Balaban J connectivity index is 1.80. The van der Waals surface area contributed by atoms with Gasteiger partial charge in [0, 0.05) is 5.02 Å². The lowest BCUT2D eigenvalue weighted by molar-refractivity contribution is 0.0934. The van der Waals surface area contributed by atoms with Gasteiger partial charge in [-0.2, -0.15) is 0 Å². The first-order valence-electron chi connectivity index (χ1n) is 8.65. The Morgan fingerprint density at radius 2 is 1.89 bits per heavy atom. The summed E-state index contributed by atoms with van der Waals surface area (Å²) >= 11 is 6.04. The van der Waals surface area contributed by atoms with Gasteiger partial charge >= 0.3 is 0 Å². The molecule has 0 aliphatic rings. The Labute approximate surface area is 168 Å². The van der Waals surface area contributed by atoms with E-state index in [9.17, 15) is 4.79 Å². The summed E-state index contributed by atoms with van der Waals surface area (Å²) in [4.78, 5) is 12.7. The number of ether oxygens (including phenoxy) is 2. The Hall–Kier alpha value is -3.06. The van der Waals surface area contributed by atoms with Crippen molar-refractivity contribution in [2.45, 2.75) is 19.9 Å². The third-order valence-corrected chi connectivity index (χ3v) is 4.65. The molecular formula is C20H21ClN4O3. The molecule has 3 rings (SSSR count). The van der Waals surface area contributed by atoms with E-state index in [1.54, 1.807) is 44.0 Å². The minimum atomic E-state index is -0.312. The largest absolute Gasteiger partial charge is 0.493 e. The number of carbonyl (C=O) groups is 1. The lowest BCUT2D eigenvalue weighted by atomic mass is 10.1. The van der Waals surface area contributed by atoms with Crippen LogP contribution >= 0.6 is 11.6 Å². The van der Waals surface area contributed by atoms with E-state index in [2.05, 4.69) is 15.6 Å². The van der Waals surface area contributed by atoms with Gasteiger partial charge in [0.05, 0.1) is 31.6 Å². The lowest BCUT2D eigenvalue weighted by Gasteiger charge is -2.16. The summed E-state index contributed by atoms with van der Waals surface area (Å²) in [5.74, 6) is 0.919. The van der Waals surface area contributed by atoms with Crippen molar-refractivity contribution in [2.24, 2.45) is 0 Å². The molecule has 1 amide bonds. The molecule has 0 fully saturated rings. The zero-order valence-corrected chi connectivity index (χ0v) is 16.8. The van der Waals surface area contributed by atoms with Crippen molar-refractivity contribution in [1.29, 1.82) is 0 Å². The first-order chi connectivity index (χ1) is 13.4. The van der Waals surface area contributed by atoms with Crippen LogP contribution in [0.5, 0.6) is 11.5 Å². The van der Waals surface area contributed by atoms with E-state index in [4.69, 9.17) is 21.1 Å². The van der Waals surface area contributed by atoms with Gasteiger partial charge in [-0.15, -0.1) is 5.10 Å². The van der Waals surface area contributed by atoms with E-state index < -0.39 is 0 Å². The first-order valence-corrected chi connectivity index (χ1v) is 9.03. The van der Waals surface area contributed by atoms with Crippen LogP contribution in [0.25, 0.3) is 5.69 Å². The van der Waals surface area contributed by atoms with Crippen LogP contribution in [-0.4, -0.2) is 35.1 Å². The smallest absolute Gasteiger partial charge is 0.274 e. The van der Waals surface area contributed by atoms with Crippen molar-refractivity contribution >= 4 is 17.5 Å². The topological polar surface area (TPSA) is 78.3 Å². The number of hydrogen-bond acceptors (Lipinski definition) is 5. The summed E-state index contributed by atoms with van der Waals surface area (Å²) in [5.41, 5.74) is 2.50. The molecule has 1 heterocycles. The summed E-state index contributed by atoms with van der Waals surface area (Å²) < 4.78 is 12.2. The Morgan fingerprint density at radius 3 is 2.57 bits per heavy atom. The van der Waals surface area contributed by atoms with Crippen molar-refractivity contribution in [3.05, 3.63) is 64.4 Å². The number of benzene rings is 2. The average molecular weight is 401 g/mol. The number of nitrogens with zero attached hydrogens (tertiary/aromatic N) is 3. The molecule has 3 aromatic rings. The summed E-state index contributed by atoms with van der Waals surface area (Å²) in [7, 11) is 3.15. The molecule has 0 saturated heterocycles. The number of rotatable bonds is 6. The molecule has 0 saturated carbocycles. The first kappa shape index (κ1) is 19.7. The Bertz CT molecular complexity index is 1000. The lowest BCUT2D eigenvalue weighted by Crippen LogP contribution is -2.27. The maximum absolute atomic E-state index is 12.7. The molecule has 0 bridgehead atoms.